The number of ether oxygens (including phenoxy) is 2. The fourth-order valence-electron chi connectivity index (χ4n) is 7.73. The fourth-order valence-corrected chi connectivity index (χ4v) is 7.73. The lowest BCUT2D eigenvalue weighted by atomic mass is 9.95. The van der Waals surface area contributed by atoms with Crippen LogP contribution < -0.4 is 19.7 Å². The summed E-state index contributed by atoms with van der Waals surface area (Å²) in [6.45, 7) is 6.63. The Hall–Kier alpha value is -4.53. The zero-order valence-corrected chi connectivity index (χ0v) is 26.4. The lowest BCUT2D eigenvalue weighted by Crippen LogP contribution is -2.51. The second kappa shape index (κ2) is 11.6. The van der Waals surface area contributed by atoms with Crippen LogP contribution in [0.1, 0.15) is 31.7 Å². The highest BCUT2D eigenvalue weighted by Gasteiger charge is 2.44. The molecule has 0 radical (unpaired) electrons. The number of phenols is 1. The van der Waals surface area contributed by atoms with Gasteiger partial charge in [0.15, 0.2) is 5.82 Å². The number of rotatable bonds is 8. The van der Waals surface area contributed by atoms with E-state index in [4.69, 9.17) is 20.9 Å². The van der Waals surface area contributed by atoms with Crippen molar-refractivity contribution in [2.45, 2.75) is 38.3 Å². The molecule has 4 atom stereocenters. The van der Waals surface area contributed by atoms with E-state index >= 15 is 4.39 Å². The number of allylic oxidation sites excluding steroid dienone is 1. The fraction of sp³-hybridized carbons (Fsp3) is 0.417. The van der Waals surface area contributed by atoms with E-state index in [2.05, 4.69) is 37.1 Å². The molecule has 9 nitrogen and oxygen atoms in total. The number of pyridine rings is 1. The molecule has 3 saturated heterocycles. The second-order valence-electron chi connectivity index (χ2n) is 13.2. The van der Waals surface area contributed by atoms with Gasteiger partial charge in [0.25, 0.3) is 0 Å². The number of methoxy groups -OCH3 is 1. The molecule has 2 aromatic heterocycles. The number of benzene rings is 2. The smallest absolute Gasteiger partial charge is 0.319 e. The molecule has 1 aliphatic carbocycles. The molecule has 8 rings (SSSR count). The molecule has 4 unspecified atom stereocenters. The van der Waals surface area contributed by atoms with Gasteiger partial charge in [-0.3, -0.25) is 4.90 Å². The van der Waals surface area contributed by atoms with Crippen molar-refractivity contribution in [1.29, 1.82) is 0 Å². The summed E-state index contributed by atoms with van der Waals surface area (Å²) in [5.41, 5.74) is 0.924. The van der Waals surface area contributed by atoms with Gasteiger partial charge in [-0.25, -0.2) is 13.8 Å². The topological polar surface area (TPSA) is 95.9 Å². The van der Waals surface area contributed by atoms with Crippen LogP contribution in [0.3, 0.4) is 0 Å². The molecular weight excluding hydrogens is 602 g/mol. The van der Waals surface area contributed by atoms with Gasteiger partial charge in [-0.2, -0.15) is 9.97 Å². The number of nitrogens with one attached hydrogen (secondary N) is 1. The maximum atomic E-state index is 17.0. The van der Waals surface area contributed by atoms with Gasteiger partial charge in [0, 0.05) is 55.8 Å². The largest absolute Gasteiger partial charge is 0.508 e. The van der Waals surface area contributed by atoms with Gasteiger partial charge in [-0.15, -0.1) is 6.42 Å². The summed E-state index contributed by atoms with van der Waals surface area (Å²) in [5, 5.41) is 15.3. The van der Waals surface area contributed by atoms with Crippen molar-refractivity contribution in [2.75, 3.05) is 51.3 Å². The number of phenolic OH excluding ortho intramolecular Hbond substituents is 1. The van der Waals surface area contributed by atoms with Crippen molar-refractivity contribution in [2.24, 2.45) is 11.8 Å². The van der Waals surface area contributed by atoms with E-state index in [1.807, 2.05) is 6.92 Å². The van der Waals surface area contributed by atoms with Gasteiger partial charge in [0.2, 0.25) is 5.88 Å². The van der Waals surface area contributed by atoms with Crippen LogP contribution in [0.4, 0.5) is 14.6 Å². The Morgan fingerprint density at radius 2 is 1.85 bits per heavy atom. The SMILES string of the molecule is C#Cc1c(F)ccc2cc(O)cc(-c3nc(OC)c4c(N5CC6CCC(C5)N6)nc(OC/C(=C\C)CN5CC6CC6C5)nc4c3F)c12. The number of likely N-dealkylation sites (tertiary alicyclic amines) is 1. The van der Waals surface area contributed by atoms with Gasteiger partial charge in [-0.1, -0.05) is 18.1 Å². The molecule has 242 valence electrons. The molecule has 47 heavy (non-hydrogen) atoms. The molecule has 2 N–H and O–H groups in total. The normalized spacial score (nSPS) is 23.7. The van der Waals surface area contributed by atoms with Gasteiger partial charge in [-0.05, 0) is 67.2 Å². The molecule has 4 aromatic rings. The Kier molecular flexibility index (Phi) is 7.38. The molecule has 4 fully saturated rings. The number of terminal acetylenes is 1. The molecule has 2 aromatic carbocycles. The average molecular weight is 639 g/mol. The predicted octanol–water partition coefficient (Wildman–Crippen LogP) is 5.04. The van der Waals surface area contributed by atoms with E-state index in [-0.39, 0.29) is 64.1 Å². The lowest BCUT2D eigenvalue weighted by Gasteiger charge is -2.34. The summed E-state index contributed by atoms with van der Waals surface area (Å²) in [6.07, 6.45) is 11.2. The summed E-state index contributed by atoms with van der Waals surface area (Å²) >= 11 is 0. The average Bonchev–Trinajstić information content (AvgIpc) is 3.54. The van der Waals surface area contributed by atoms with E-state index in [0.29, 0.717) is 29.7 Å². The zero-order valence-electron chi connectivity index (χ0n) is 26.4. The predicted molar refractivity (Wildman–Crippen MR) is 176 cm³/mol. The number of hydrogen-bond donors (Lipinski definition) is 2. The molecular formula is C36H36F2N6O3. The third-order valence-electron chi connectivity index (χ3n) is 10.1. The van der Waals surface area contributed by atoms with Crippen LogP contribution in [-0.4, -0.2) is 83.5 Å². The van der Waals surface area contributed by atoms with Crippen LogP contribution in [0.15, 0.2) is 35.9 Å². The Bertz CT molecular complexity index is 1970. The molecule has 0 spiro atoms. The monoisotopic (exact) mass is 638 g/mol. The molecule has 4 aliphatic rings. The van der Waals surface area contributed by atoms with E-state index in [9.17, 15) is 9.50 Å². The van der Waals surface area contributed by atoms with Gasteiger partial charge >= 0.3 is 6.01 Å². The van der Waals surface area contributed by atoms with Crippen molar-refractivity contribution >= 4 is 27.5 Å². The highest BCUT2D eigenvalue weighted by molar-refractivity contribution is 6.04. The summed E-state index contributed by atoms with van der Waals surface area (Å²) in [5.74, 6) is 3.04. The van der Waals surface area contributed by atoms with Gasteiger partial charge in [0.05, 0.1) is 12.7 Å². The summed E-state index contributed by atoms with van der Waals surface area (Å²) in [7, 11) is 1.45. The third kappa shape index (κ3) is 5.29. The van der Waals surface area contributed by atoms with Gasteiger partial charge < -0.3 is 24.8 Å². The Morgan fingerprint density at radius 3 is 2.55 bits per heavy atom. The minimum atomic E-state index is -0.783. The summed E-state index contributed by atoms with van der Waals surface area (Å²) < 4.78 is 43.9. The molecule has 1 saturated carbocycles. The number of fused-ring (bicyclic) bond motifs is 5. The standard InChI is InChI=1S/C36H36F2N6O3/c1-4-19(13-43-14-21-10-22(21)15-43)18-47-36-41-33-30(34(42-36)44-16-23-7-8-24(17-44)39-23)35(46-3)40-32(31(33)38)27-12-25(45)11-20-6-9-28(37)26(5-2)29(20)27/h2,4,6,9,11-12,21-24,39,45H,7-8,10,13-18H2,1,3H3/b19-4-. The molecule has 11 heteroatoms. The first-order chi connectivity index (χ1) is 22.8. The van der Waals surface area contributed by atoms with Crippen LogP contribution in [-0.2, 0) is 0 Å². The number of hydrogen-bond acceptors (Lipinski definition) is 9. The van der Waals surface area contributed by atoms with E-state index in [0.717, 1.165) is 49.9 Å². The summed E-state index contributed by atoms with van der Waals surface area (Å²) in [4.78, 5) is 18.6. The van der Waals surface area contributed by atoms with Crippen LogP contribution in [0.2, 0.25) is 0 Å². The van der Waals surface area contributed by atoms with Crippen LogP contribution in [0, 0.1) is 35.8 Å². The van der Waals surface area contributed by atoms with E-state index in [1.165, 1.54) is 37.8 Å². The molecule has 2 bridgehead atoms. The maximum absolute atomic E-state index is 17.0. The first-order valence-corrected chi connectivity index (χ1v) is 16.2. The maximum Gasteiger partial charge on any atom is 0.319 e. The van der Waals surface area contributed by atoms with Crippen LogP contribution >= 0.6 is 0 Å². The minimum absolute atomic E-state index is 0.0382. The van der Waals surface area contributed by atoms with Crippen LogP contribution in [0.5, 0.6) is 17.6 Å². The first kappa shape index (κ1) is 29.8. The number of nitrogens with zero attached hydrogens (tertiary/aromatic N) is 5. The molecule has 0 amide bonds. The molecule has 3 aliphatic heterocycles. The van der Waals surface area contributed by atoms with Crippen LogP contribution in [0.25, 0.3) is 32.9 Å². The Balaban J connectivity index is 1.26. The lowest BCUT2D eigenvalue weighted by molar-refractivity contribution is 0.285. The molecule has 5 heterocycles. The van der Waals surface area contributed by atoms with Crippen molar-refractivity contribution < 1.29 is 23.4 Å². The quantitative estimate of drug-likeness (QED) is 0.203. The highest BCUT2D eigenvalue weighted by Crippen LogP contribution is 2.45. The Morgan fingerprint density at radius 1 is 1.09 bits per heavy atom. The number of aromatic nitrogens is 3. The number of piperidine rings is 1. The first-order valence-electron chi connectivity index (χ1n) is 16.2. The van der Waals surface area contributed by atoms with Crippen molar-refractivity contribution in [3.05, 3.63) is 53.1 Å². The highest BCUT2D eigenvalue weighted by atomic mass is 19.1. The second-order valence-corrected chi connectivity index (χ2v) is 13.2. The minimum Gasteiger partial charge on any atom is -0.508 e. The van der Waals surface area contributed by atoms with Crippen molar-refractivity contribution in [1.82, 2.24) is 25.2 Å². The van der Waals surface area contributed by atoms with Crippen molar-refractivity contribution in [3.8, 4) is 41.2 Å². The number of halogens is 2. The van der Waals surface area contributed by atoms with E-state index < -0.39 is 11.6 Å². The van der Waals surface area contributed by atoms with Crippen molar-refractivity contribution in [3.63, 3.8) is 0 Å². The third-order valence-corrected chi connectivity index (χ3v) is 10.1. The van der Waals surface area contributed by atoms with Gasteiger partial charge in [0.1, 0.15) is 40.6 Å². The Labute approximate surface area is 271 Å². The number of piperazine rings is 1. The number of anilines is 1. The number of aromatic hydroxyl groups is 1. The zero-order chi connectivity index (χ0) is 32.4. The van der Waals surface area contributed by atoms with E-state index in [1.54, 1.807) is 0 Å². The summed E-state index contributed by atoms with van der Waals surface area (Å²) in [6, 6.07) is 6.08.